The molecule has 1 aliphatic rings. The molecule has 2 heterocycles. The van der Waals surface area contributed by atoms with Gasteiger partial charge in [-0.05, 0) is 24.8 Å². The molecule has 0 radical (unpaired) electrons. The van der Waals surface area contributed by atoms with Gasteiger partial charge in [-0.2, -0.15) is 0 Å². The molecule has 0 spiro atoms. The standard InChI is InChI=1S/C11H15N3O3/c15-7-4-9-3-6-13(8-9)11-10(14(16)17)2-1-5-12-11/h1-2,5,9,15H,3-4,6-8H2. The van der Waals surface area contributed by atoms with Gasteiger partial charge in [0.15, 0.2) is 0 Å². The van der Waals surface area contributed by atoms with Crippen molar-refractivity contribution in [2.75, 3.05) is 24.6 Å². The highest BCUT2D eigenvalue weighted by molar-refractivity contribution is 5.57. The van der Waals surface area contributed by atoms with Gasteiger partial charge in [-0.1, -0.05) is 0 Å². The number of aliphatic hydroxyl groups excluding tert-OH is 1. The predicted molar refractivity (Wildman–Crippen MR) is 62.9 cm³/mol. The van der Waals surface area contributed by atoms with Crippen LogP contribution >= 0.6 is 0 Å². The number of anilines is 1. The fourth-order valence-corrected chi connectivity index (χ4v) is 2.22. The lowest BCUT2D eigenvalue weighted by atomic mass is 10.1. The second kappa shape index (κ2) is 5.09. The lowest BCUT2D eigenvalue weighted by molar-refractivity contribution is -0.384. The van der Waals surface area contributed by atoms with E-state index in [1.54, 1.807) is 12.3 Å². The summed E-state index contributed by atoms with van der Waals surface area (Å²) in [4.78, 5) is 16.5. The molecule has 6 heteroatoms. The van der Waals surface area contributed by atoms with Crippen LogP contribution in [0.1, 0.15) is 12.8 Å². The highest BCUT2D eigenvalue weighted by atomic mass is 16.6. The monoisotopic (exact) mass is 237 g/mol. The number of hydrogen-bond acceptors (Lipinski definition) is 5. The van der Waals surface area contributed by atoms with Crippen LogP contribution in [0.15, 0.2) is 18.3 Å². The molecule has 1 unspecified atom stereocenters. The molecule has 2 rings (SSSR count). The van der Waals surface area contributed by atoms with Crippen molar-refractivity contribution < 1.29 is 10.0 Å². The maximum Gasteiger partial charge on any atom is 0.311 e. The molecule has 0 aliphatic carbocycles. The van der Waals surface area contributed by atoms with E-state index in [1.165, 1.54) is 6.07 Å². The normalized spacial score (nSPS) is 19.6. The zero-order valence-electron chi connectivity index (χ0n) is 9.45. The molecule has 1 aromatic rings. The molecule has 0 amide bonds. The number of aliphatic hydroxyl groups is 1. The van der Waals surface area contributed by atoms with Gasteiger partial charge in [0.25, 0.3) is 0 Å². The smallest absolute Gasteiger partial charge is 0.311 e. The Kier molecular flexibility index (Phi) is 3.53. The Bertz CT molecular complexity index is 411. The third-order valence-electron chi connectivity index (χ3n) is 3.09. The van der Waals surface area contributed by atoms with Crippen LogP contribution in [-0.4, -0.2) is 34.7 Å². The first-order valence-electron chi connectivity index (χ1n) is 5.67. The topological polar surface area (TPSA) is 79.5 Å². The molecule has 1 fully saturated rings. The molecule has 92 valence electrons. The molecule has 0 saturated carbocycles. The van der Waals surface area contributed by atoms with Crippen molar-refractivity contribution in [3.05, 3.63) is 28.4 Å². The first kappa shape index (κ1) is 11.8. The van der Waals surface area contributed by atoms with Crippen molar-refractivity contribution in [2.45, 2.75) is 12.8 Å². The molecule has 0 aromatic carbocycles. The zero-order chi connectivity index (χ0) is 12.3. The van der Waals surface area contributed by atoms with Crippen molar-refractivity contribution in [1.82, 2.24) is 4.98 Å². The second-order valence-corrected chi connectivity index (χ2v) is 4.22. The minimum absolute atomic E-state index is 0.0529. The Morgan fingerprint density at radius 1 is 1.65 bits per heavy atom. The summed E-state index contributed by atoms with van der Waals surface area (Å²) in [6, 6.07) is 3.05. The van der Waals surface area contributed by atoms with E-state index in [2.05, 4.69) is 4.98 Å². The lowest BCUT2D eigenvalue weighted by Crippen LogP contribution is -2.22. The molecular weight excluding hydrogens is 222 g/mol. The summed E-state index contributed by atoms with van der Waals surface area (Å²) in [7, 11) is 0. The van der Waals surface area contributed by atoms with E-state index < -0.39 is 4.92 Å². The van der Waals surface area contributed by atoms with Crippen molar-refractivity contribution in [2.24, 2.45) is 5.92 Å². The van der Waals surface area contributed by atoms with Crippen LogP contribution in [0.4, 0.5) is 11.5 Å². The Hall–Kier alpha value is -1.69. The Morgan fingerprint density at radius 3 is 3.18 bits per heavy atom. The van der Waals surface area contributed by atoms with Crippen molar-refractivity contribution in [3.8, 4) is 0 Å². The van der Waals surface area contributed by atoms with Crippen LogP contribution in [-0.2, 0) is 0 Å². The number of hydrogen-bond donors (Lipinski definition) is 1. The number of nitro groups is 1. The van der Waals surface area contributed by atoms with Crippen LogP contribution < -0.4 is 4.90 Å². The number of pyridine rings is 1. The van der Waals surface area contributed by atoms with E-state index in [9.17, 15) is 10.1 Å². The molecule has 1 atom stereocenters. The number of rotatable bonds is 4. The van der Waals surface area contributed by atoms with Gasteiger partial charge < -0.3 is 10.0 Å². The van der Waals surface area contributed by atoms with Gasteiger partial charge >= 0.3 is 5.69 Å². The first-order valence-corrected chi connectivity index (χ1v) is 5.67. The van der Waals surface area contributed by atoms with Gasteiger partial charge in [0.05, 0.1) is 4.92 Å². The Labute approximate surface area is 99.0 Å². The van der Waals surface area contributed by atoms with Gasteiger partial charge in [0.1, 0.15) is 0 Å². The summed E-state index contributed by atoms with van der Waals surface area (Å²) in [5.74, 6) is 0.847. The summed E-state index contributed by atoms with van der Waals surface area (Å²) in [5, 5.41) is 19.8. The minimum Gasteiger partial charge on any atom is -0.396 e. The summed E-state index contributed by atoms with van der Waals surface area (Å²) in [6.45, 7) is 1.67. The van der Waals surface area contributed by atoms with Gasteiger partial charge in [0.2, 0.25) is 5.82 Å². The summed E-state index contributed by atoms with van der Waals surface area (Å²) in [5.41, 5.74) is 0.0529. The van der Waals surface area contributed by atoms with Gasteiger partial charge in [-0.15, -0.1) is 0 Å². The van der Waals surface area contributed by atoms with Gasteiger partial charge in [0, 0.05) is 32.0 Å². The number of aromatic nitrogens is 1. The molecule has 17 heavy (non-hydrogen) atoms. The molecular formula is C11H15N3O3. The third kappa shape index (κ3) is 2.52. The van der Waals surface area contributed by atoms with E-state index in [0.29, 0.717) is 11.7 Å². The molecule has 1 aliphatic heterocycles. The Balaban J connectivity index is 2.16. The third-order valence-corrected chi connectivity index (χ3v) is 3.09. The van der Waals surface area contributed by atoms with E-state index in [4.69, 9.17) is 5.11 Å². The molecule has 1 N–H and O–H groups in total. The number of nitrogens with zero attached hydrogens (tertiary/aromatic N) is 3. The maximum atomic E-state index is 10.9. The van der Waals surface area contributed by atoms with Crippen LogP contribution in [0.2, 0.25) is 0 Å². The van der Waals surface area contributed by atoms with Crippen molar-refractivity contribution >= 4 is 11.5 Å². The van der Waals surface area contributed by atoms with E-state index in [1.807, 2.05) is 4.90 Å². The van der Waals surface area contributed by atoms with Gasteiger partial charge in [-0.3, -0.25) is 10.1 Å². The van der Waals surface area contributed by atoms with E-state index >= 15 is 0 Å². The summed E-state index contributed by atoms with van der Waals surface area (Å²) in [6.07, 6.45) is 3.27. The maximum absolute atomic E-state index is 10.9. The SMILES string of the molecule is O=[N+]([O-])c1cccnc1N1CCC(CCO)C1. The van der Waals surface area contributed by atoms with Crippen LogP contribution in [0.25, 0.3) is 0 Å². The fraction of sp³-hybridized carbons (Fsp3) is 0.545. The van der Waals surface area contributed by atoms with Crippen LogP contribution in [0.3, 0.4) is 0 Å². The first-order chi connectivity index (χ1) is 8.22. The lowest BCUT2D eigenvalue weighted by Gasteiger charge is -2.16. The molecule has 1 saturated heterocycles. The highest BCUT2D eigenvalue weighted by Crippen LogP contribution is 2.30. The quantitative estimate of drug-likeness (QED) is 0.628. The van der Waals surface area contributed by atoms with E-state index in [-0.39, 0.29) is 12.3 Å². The van der Waals surface area contributed by atoms with Crippen LogP contribution in [0, 0.1) is 16.0 Å². The predicted octanol–water partition coefficient (Wildman–Crippen LogP) is 1.20. The zero-order valence-corrected chi connectivity index (χ0v) is 9.45. The molecule has 0 bridgehead atoms. The summed E-state index contributed by atoms with van der Waals surface area (Å²) < 4.78 is 0. The fourth-order valence-electron chi connectivity index (χ4n) is 2.22. The summed E-state index contributed by atoms with van der Waals surface area (Å²) >= 11 is 0. The average Bonchev–Trinajstić information content (AvgIpc) is 2.78. The second-order valence-electron chi connectivity index (χ2n) is 4.22. The highest BCUT2D eigenvalue weighted by Gasteiger charge is 2.27. The van der Waals surface area contributed by atoms with Crippen molar-refractivity contribution in [1.29, 1.82) is 0 Å². The minimum atomic E-state index is -0.401. The van der Waals surface area contributed by atoms with Crippen LogP contribution in [0.5, 0.6) is 0 Å². The average molecular weight is 237 g/mol. The van der Waals surface area contributed by atoms with E-state index in [0.717, 1.165) is 25.9 Å². The molecule has 1 aromatic heterocycles. The van der Waals surface area contributed by atoms with Gasteiger partial charge in [-0.25, -0.2) is 4.98 Å². The largest absolute Gasteiger partial charge is 0.396 e. The Morgan fingerprint density at radius 2 is 2.47 bits per heavy atom. The van der Waals surface area contributed by atoms with Crippen molar-refractivity contribution in [3.63, 3.8) is 0 Å². The molecule has 6 nitrogen and oxygen atoms in total.